The van der Waals surface area contributed by atoms with Gasteiger partial charge in [-0.15, -0.1) is 0 Å². The molecule has 0 radical (unpaired) electrons. The maximum Gasteiger partial charge on any atom is 0.0107 e. The molecule has 1 unspecified atom stereocenters. The highest BCUT2D eigenvalue weighted by atomic mass is 127. The lowest BCUT2D eigenvalue weighted by molar-refractivity contribution is 0.297. The Morgan fingerprint density at radius 2 is 1.75 bits per heavy atom. The number of nitrogens with zero attached hydrogens (tertiary/aromatic N) is 1. The van der Waals surface area contributed by atoms with Crippen molar-refractivity contribution in [2.75, 3.05) is 19.6 Å². The lowest BCUT2D eigenvalue weighted by Crippen LogP contribution is -2.24. The predicted molar refractivity (Wildman–Crippen MR) is 65.1 cm³/mol. The van der Waals surface area contributed by atoms with Crippen molar-refractivity contribution in [3.05, 3.63) is 0 Å². The van der Waals surface area contributed by atoms with E-state index in [1.54, 1.807) is 0 Å². The molecule has 0 aliphatic rings. The number of hydrogen-bond acceptors (Lipinski definition) is 1. The van der Waals surface area contributed by atoms with Gasteiger partial charge < -0.3 is 4.90 Å². The Bertz CT molecular complexity index is 91.8. The highest BCUT2D eigenvalue weighted by molar-refractivity contribution is 14.1. The lowest BCUT2D eigenvalue weighted by atomic mass is 10.2. The predicted octanol–water partition coefficient (Wildman–Crippen LogP) is 3.32. The van der Waals surface area contributed by atoms with Crippen LogP contribution in [0.25, 0.3) is 0 Å². The fourth-order valence-corrected chi connectivity index (χ4v) is 1.72. The summed E-state index contributed by atoms with van der Waals surface area (Å²) in [5.74, 6) is 0. The zero-order valence-corrected chi connectivity index (χ0v) is 10.8. The van der Waals surface area contributed by atoms with Crippen LogP contribution in [0.3, 0.4) is 0 Å². The van der Waals surface area contributed by atoms with Gasteiger partial charge in [0.1, 0.15) is 0 Å². The summed E-state index contributed by atoms with van der Waals surface area (Å²) >= 11 is 2.56. The van der Waals surface area contributed by atoms with Gasteiger partial charge >= 0.3 is 0 Å². The third-order valence-corrected chi connectivity index (χ3v) is 3.83. The summed E-state index contributed by atoms with van der Waals surface area (Å²) in [6.45, 7) is 10.4. The van der Waals surface area contributed by atoms with E-state index in [0.29, 0.717) is 0 Å². The summed E-state index contributed by atoms with van der Waals surface area (Å²) in [5.41, 5.74) is 0. The second-order valence-corrected chi connectivity index (χ2v) is 4.94. The molecule has 0 bridgehead atoms. The van der Waals surface area contributed by atoms with E-state index in [2.05, 4.69) is 48.3 Å². The van der Waals surface area contributed by atoms with Crippen molar-refractivity contribution in [2.24, 2.45) is 0 Å². The molecule has 0 aromatic heterocycles. The van der Waals surface area contributed by atoms with E-state index in [0.717, 1.165) is 3.92 Å². The Labute approximate surface area is 91.0 Å². The molecule has 0 spiro atoms. The van der Waals surface area contributed by atoms with Crippen molar-refractivity contribution in [3.8, 4) is 0 Å². The Morgan fingerprint density at radius 1 is 1.17 bits per heavy atom. The van der Waals surface area contributed by atoms with Crippen LogP contribution in [0.4, 0.5) is 0 Å². The quantitative estimate of drug-likeness (QED) is 0.512. The SMILES string of the molecule is CCC(I)CCCN(CC)CC. The van der Waals surface area contributed by atoms with Gasteiger partial charge in [-0.1, -0.05) is 43.4 Å². The highest BCUT2D eigenvalue weighted by Crippen LogP contribution is 2.12. The first kappa shape index (κ1) is 12.7. The van der Waals surface area contributed by atoms with Crippen LogP contribution in [0, 0.1) is 0 Å². The molecule has 0 fully saturated rings. The van der Waals surface area contributed by atoms with Crippen LogP contribution in [0.2, 0.25) is 0 Å². The van der Waals surface area contributed by atoms with Crippen LogP contribution in [-0.2, 0) is 0 Å². The molecule has 1 atom stereocenters. The molecule has 0 heterocycles. The van der Waals surface area contributed by atoms with Gasteiger partial charge in [-0.2, -0.15) is 0 Å². The van der Waals surface area contributed by atoms with E-state index in [1.807, 2.05) is 0 Å². The summed E-state index contributed by atoms with van der Waals surface area (Å²) in [5, 5.41) is 0. The van der Waals surface area contributed by atoms with Crippen LogP contribution < -0.4 is 0 Å². The molecule has 0 amide bonds. The van der Waals surface area contributed by atoms with E-state index in [4.69, 9.17) is 0 Å². The van der Waals surface area contributed by atoms with Gasteiger partial charge in [-0.05, 0) is 38.9 Å². The van der Waals surface area contributed by atoms with E-state index >= 15 is 0 Å². The second kappa shape index (κ2) is 8.30. The van der Waals surface area contributed by atoms with Gasteiger partial charge in [0.15, 0.2) is 0 Å². The highest BCUT2D eigenvalue weighted by Gasteiger charge is 2.02. The van der Waals surface area contributed by atoms with Gasteiger partial charge in [0, 0.05) is 3.92 Å². The van der Waals surface area contributed by atoms with Crippen LogP contribution in [0.5, 0.6) is 0 Å². The zero-order chi connectivity index (χ0) is 9.40. The standard InChI is InChI=1S/C10H22IN/c1-4-10(11)8-7-9-12(5-2)6-3/h10H,4-9H2,1-3H3. The molecule has 0 aliphatic heterocycles. The molecule has 0 aromatic rings. The van der Waals surface area contributed by atoms with Crippen LogP contribution >= 0.6 is 22.6 Å². The molecule has 12 heavy (non-hydrogen) atoms. The van der Waals surface area contributed by atoms with Gasteiger partial charge in [0.25, 0.3) is 0 Å². The molecule has 74 valence electrons. The lowest BCUT2D eigenvalue weighted by Gasteiger charge is -2.18. The maximum absolute atomic E-state index is 2.56. The Kier molecular flexibility index (Phi) is 8.77. The first-order chi connectivity index (χ1) is 5.74. The average Bonchev–Trinajstić information content (AvgIpc) is 2.12. The fourth-order valence-electron chi connectivity index (χ4n) is 1.28. The van der Waals surface area contributed by atoms with Crippen LogP contribution in [-0.4, -0.2) is 28.5 Å². The molecule has 0 saturated carbocycles. The molecule has 0 N–H and O–H groups in total. The molecule has 2 heteroatoms. The molecular weight excluding hydrogens is 261 g/mol. The molecule has 0 aromatic carbocycles. The third-order valence-electron chi connectivity index (χ3n) is 2.33. The molecular formula is C10H22IN. The summed E-state index contributed by atoms with van der Waals surface area (Å²) in [6, 6.07) is 0. The number of rotatable bonds is 7. The number of hydrogen-bond donors (Lipinski definition) is 0. The summed E-state index contributed by atoms with van der Waals surface area (Å²) < 4.78 is 0.887. The van der Waals surface area contributed by atoms with Crippen LogP contribution in [0.1, 0.15) is 40.0 Å². The van der Waals surface area contributed by atoms with E-state index in [9.17, 15) is 0 Å². The maximum atomic E-state index is 2.56. The normalized spacial score (nSPS) is 13.8. The van der Waals surface area contributed by atoms with Gasteiger partial charge in [-0.3, -0.25) is 0 Å². The summed E-state index contributed by atoms with van der Waals surface area (Å²) in [4.78, 5) is 2.50. The molecule has 0 rings (SSSR count). The zero-order valence-electron chi connectivity index (χ0n) is 8.65. The van der Waals surface area contributed by atoms with E-state index in [-0.39, 0.29) is 0 Å². The average molecular weight is 283 g/mol. The number of alkyl halides is 1. The second-order valence-electron chi connectivity index (χ2n) is 3.17. The Hall–Kier alpha value is 0.690. The van der Waals surface area contributed by atoms with E-state index in [1.165, 1.54) is 38.9 Å². The summed E-state index contributed by atoms with van der Waals surface area (Å²) in [7, 11) is 0. The third kappa shape index (κ3) is 6.23. The molecule has 0 aliphatic carbocycles. The Morgan fingerprint density at radius 3 is 2.17 bits per heavy atom. The minimum Gasteiger partial charge on any atom is -0.304 e. The smallest absolute Gasteiger partial charge is 0.0107 e. The van der Waals surface area contributed by atoms with Crippen molar-refractivity contribution in [1.82, 2.24) is 4.90 Å². The van der Waals surface area contributed by atoms with Gasteiger partial charge in [-0.25, -0.2) is 0 Å². The largest absolute Gasteiger partial charge is 0.304 e. The minimum atomic E-state index is 0.887. The van der Waals surface area contributed by atoms with Crippen molar-refractivity contribution >= 4 is 22.6 Å². The monoisotopic (exact) mass is 283 g/mol. The van der Waals surface area contributed by atoms with Crippen molar-refractivity contribution in [3.63, 3.8) is 0 Å². The van der Waals surface area contributed by atoms with E-state index < -0.39 is 0 Å². The number of halogens is 1. The Balaban J connectivity index is 3.28. The first-order valence-electron chi connectivity index (χ1n) is 5.10. The van der Waals surface area contributed by atoms with Crippen molar-refractivity contribution in [2.45, 2.75) is 44.0 Å². The molecule has 0 saturated heterocycles. The molecule has 1 nitrogen and oxygen atoms in total. The van der Waals surface area contributed by atoms with Crippen molar-refractivity contribution < 1.29 is 0 Å². The minimum absolute atomic E-state index is 0.887. The first-order valence-corrected chi connectivity index (χ1v) is 6.35. The van der Waals surface area contributed by atoms with Crippen LogP contribution in [0.15, 0.2) is 0 Å². The fraction of sp³-hybridized carbons (Fsp3) is 1.00. The summed E-state index contributed by atoms with van der Waals surface area (Å²) in [6.07, 6.45) is 4.06. The van der Waals surface area contributed by atoms with Gasteiger partial charge in [0.05, 0.1) is 0 Å². The van der Waals surface area contributed by atoms with Gasteiger partial charge in [0.2, 0.25) is 0 Å². The topological polar surface area (TPSA) is 3.24 Å². The van der Waals surface area contributed by atoms with Crippen molar-refractivity contribution in [1.29, 1.82) is 0 Å².